The van der Waals surface area contributed by atoms with E-state index >= 15 is 0 Å². The van der Waals surface area contributed by atoms with Gasteiger partial charge in [-0.1, -0.05) is 42.2 Å². The number of hydrogen-bond donors (Lipinski definition) is 1. The summed E-state index contributed by atoms with van der Waals surface area (Å²) in [5.74, 6) is 6.75. The van der Waals surface area contributed by atoms with Gasteiger partial charge >= 0.3 is 0 Å². The lowest BCUT2D eigenvalue weighted by atomic mass is 10.1. The second kappa shape index (κ2) is 6.63. The molecule has 19 heavy (non-hydrogen) atoms. The zero-order valence-electron chi connectivity index (χ0n) is 11.0. The van der Waals surface area contributed by atoms with Crippen molar-refractivity contribution in [2.75, 3.05) is 6.54 Å². The fourth-order valence-electron chi connectivity index (χ4n) is 1.78. The van der Waals surface area contributed by atoms with Crippen LogP contribution in [0.2, 0.25) is 0 Å². The van der Waals surface area contributed by atoms with Crippen molar-refractivity contribution < 1.29 is 4.74 Å². The molecule has 0 radical (unpaired) electrons. The van der Waals surface area contributed by atoms with E-state index in [0.29, 0.717) is 13.2 Å². The van der Waals surface area contributed by atoms with Gasteiger partial charge in [-0.25, -0.2) is 0 Å². The van der Waals surface area contributed by atoms with Gasteiger partial charge in [0.1, 0.15) is 12.4 Å². The highest BCUT2D eigenvalue weighted by atomic mass is 16.5. The highest BCUT2D eigenvalue weighted by molar-refractivity contribution is 5.43. The Labute approximate surface area is 114 Å². The van der Waals surface area contributed by atoms with E-state index in [9.17, 15) is 0 Å². The summed E-state index contributed by atoms with van der Waals surface area (Å²) in [7, 11) is 0. The van der Waals surface area contributed by atoms with Gasteiger partial charge < -0.3 is 10.5 Å². The first-order valence-corrected chi connectivity index (χ1v) is 6.26. The number of benzene rings is 2. The third-order valence-corrected chi connectivity index (χ3v) is 2.75. The van der Waals surface area contributed by atoms with Crippen molar-refractivity contribution in [1.82, 2.24) is 0 Å². The molecule has 0 spiro atoms. The maximum atomic E-state index is 5.81. The lowest BCUT2D eigenvalue weighted by Gasteiger charge is -2.09. The Kier molecular flexibility index (Phi) is 4.60. The Hall–Kier alpha value is -2.24. The van der Waals surface area contributed by atoms with E-state index in [1.54, 1.807) is 0 Å². The average Bonchev–Trinajstić information content (AvgIpc) is 2.45. The first-order chi connectivity index (χ1) is 9.29. The Bertz CT molecular complexity index is 594. The molecule has 2 rings (SSSR count). The predicted octanol–water partition coefficient (Wildman–Crippen LogP) is 2.88. The van der Waals surface area contributed by atoms with Gasteiger partial charge in [-0.15, -0.1) is 0 Å². The molecule has 0 amide bonds. The summed E-state index contributed by atoms with van der Waals surface area (Å²) in [5.41, 5.74) is 8.57. The number of hydrogen-bond acceptors (Lipinski definition) is 2. The number of nitrogens with two attached hydrogens (primary N) is 1. The van der Waals surface area contributed by atoms with Gasteiger partial charge in [-0.2, -0.15) is 0 Å². The summed E-state index contributed by atoms with van der Waals surface area (Å²) in [4.78, 5) is 0. The molecule has 0 fully saturated rings. The molecular formula is C17H17NO. The van der Waals surface area contributed by atoms with Crippen molar-refractivity contribution >= 4 is 0 Å². The topological polar surface area (TPSA) is 35.2 Å². The van der Waals surface area contributed by atoms with Gasteiger partial charge in [0.25, 0.3) is 0 Å². The third kappa shape index (κ3) is 3.87. The fourth-order valence-corrected chi connectivity index (χ4v) is 1.78. The molecule has 2 N–H and O–H groups in total. The maximum absolute atomic E-state index is 5.81. The molecule has 2 heteroatoms. The maximum Gasteiger partial charge on any atom is 0.122 e. The van der Waals surface area contributed by atoms with E-state index in [1.165, 1.54) is 0 Å². The van der Waals surface area contributed by atoms with Crippen molar-refractivity contribution in [2.45, 2.75) is 13.5 Å². The molecular weight excluding hydrogens is 234 g/mol. The van der Waals surface area contributed by atoms with Gasteiger partial charge in [-0.05, 0) is 36.2 Å². The van der Waals surface area contributed by atoms with Crippen LogP contribution in [0.4, 0.5) is 0 Å². The molecule has 96 valence electrons. The van der Waals surface area contributed by atoms with Crippen LogP contribution in [0.5, 0.6) is 5.75 Å². The van der Waals surface area contributed by atoms with Crippen LogP contribution in [0.25, 0.3) is 0 Å². The zero-order chi connectivity index (χ0) is 13.5. The van der Waals surface area contributed by atoms with Gasteiger partial charge in [-0.3, -0.25) is 0 Å². The minimum Gasteiger partial charge on any atom is -0.489 e. The zero-order valence-corrected chi connectivity index (χ0v) is 11.0. The van der Waals surface area contributed by atoms with Gasteiger partial charge in [0, 0.05) is 5.56 Å². The SMILES string of the molecule is Cc1cc(C#CCN)ccc1OCc1ccccc1. The van der Waals surface area contributed by atoms with Crippen LogP contribution < -0.4 is 10.5 Å². The predicted molar refractivity (Wildman–Crippen MR) is 77.9 cm³/mol. The molecule has 0 aromatic heterocycles. The smallest absolute Gasteiger partial charge is 0.122 e. The summed E-state index contributed by atoms with van der Waals surface area (Å²) in [6.45, 7) is 2.98. The first-order valence-electron chi connectivity index (χ1n) is 6.26. The largest absolute Gasteiger partial charge is 0.489 e. The minimum absolute atomic E-state index is 0.380. The van der Waals surface area contributed by atoms with Crippen LogP contribution in [0.1, 0.15) is 16.7 Å². The lowest BCUT2D eigenvalue weighted by Crippen LogP contribution is -1.97. The second-order valence-corrected chi connectivity index (χ2v) is 4.26. The van der Waals surface area contributed by atoms with Crippen LogP contribution >= 0.6 is 0 Å². The third-order valence-electron chi connectivity index (χ3n) is 2.75. The molecule has 0 unspecified atom stereocenters. The molecule has 0 heterocycles. The summed E-state index contributed by atoms with van der Waals surface area (Å²) in [6.07, 6.45) is 0. The molecule has 0 saturated carbocycles. The number of rotatable bonds is 3. The minimum atomic E-state index is 0.380. The highest BCUT2D eigenvalue weighted by Gasteiger charge is 2.00. The van der Waals surface area contributed by atoms with E-state index in [-0.39, 0.29) is 0 Å². The monoisotopic (exact) mass is 251 g/mol. The molecule has 2 nitrogen and oxygen atoms in total. The summed E-state index contributed by atoms with van der Waals surface area (Å²) >= 11 is 0. The van der Waals surface area contributed by atoms with E-state index in [4.69, 9.17) is 10.5 Å². The molecule has 0 atom stereocenters. The van der Waals surface area contributed by atoms with E-state index < -0.39 is 0 Å². The Morgan fingerprint density at radius 2 is 1.89 bits per heavy atom. The Morgan fingerprint density at radius 3 is 2.58 bits per heavy atom. The van der Waals surface area contributed by atoms with E-state index in [1.807, 2.05) is 43.3 Å². The van der Waals surface area contributed by atoms with Crippen LogP contribution in [0, 0.1) is 18.8 Å². The molecule has 2 aromatic carbocycles. The van der Waals surface area contributed by atoms with Crippen LogP contribution in [0.15, 0.2) is 48.5 Å². The number of aryl methyl sites for hydroxylation is 1. The lowest BCUT2D eigenvalue weighted by molar-refractivity contribution is 0.304. The molecule has 0 saturated heterocycles. The Balaban J connectivity index is 2.05. The van der Waals surface area contributed by atoms with Crippen LogP contribution in [0.3, 0.4) is 0 Å². The Morgan fingerprint density at radius 1 is 1.11 bits per heavy atom. The van der Waals surface area contributed by atoms with E-state index in [0.717, 1.165) is 22.4 Å². The molecule has 0 aliphatic rings. The molecule has 0 aliphatic heterocycles. The summed E-state index contributed by atoms with van der Waals surface area (Å²) < 4.78 is 5.81. The van der Waals surface area contributed by atoms with Crippen molar-refractivity contribution in [3.05, 3.63) is 65.2 Å². The van der Waals surface area contributed by atoms with Crippen LogP contribution in [-0.4, -0.2) is 6.54 Å². The summed E-state index contributed by atoms with van der Waals surface area (Å²) in [6, 6.07) is 16.1. The second-order valence-electron chi connectivity index (χ2n) is 4.26. The number of ether oxygens (including phenoxy) is 1. The summed E-state index contributed by atoms with van der Waals surface area (Å²) in [5, 5.41) is 0. The molecule has 0 aliphatic carbocycles. The van der Waals surface area contributed by atoms with E-state index in [2.05, 4.69) is 24.0 Å². The van der Waals surface area contributed by atoms with Crippen molar-refractivity contribution in [3.63, 3.8) is 0 Å². The molecule has 0 bridgehead atoms. The standard InChI is InChI=1S/C17H17NO/c1-14-12-15(8-5-11-18)9-10-17(14)19-13-16-6-3-2-4-7-16/h2-4,6-7,9-10,12H,11,13,18H2,1H3. The van der Waals surface area contributed by atoms with Gasteiger partial charge in [0.15, 0.2) is 0 Å². The van der Waals surface area contributed by atoms with Gasteiger partial charge in [0.2, 0.25) is 0 Å². The van der Waals surface area contributed by atoms with Crippen molar-refractivity contribution in [1.29, 1.82) is 0 Å². The fraction of sp³-hybridized carbons (Fsp3) is 0.176. The highest BCUT2D eigenvalue weighted by Crippen LogP contribution is 2.20. The average molecular weight is 251 g/mol. The normalized spacial score (nSPS) is 9.58. The molecule has 2 aromatic rings. The van der Waals surface area contributed by atoms with Gasteiger partial charge in [0.05, 0.1) is 6.54 Å². The van der Waals surface area contributed by atoms with Crippen molar-refractivity contribution in [2.24, 2.45) is 5.73 Å². The van der Waals surface area contributed by atoms with Crippen molar-refractivity contribution in [3.8, 4) is 17.6 Å². The van der Waals surface area contributed by atoms with Crippen LogP contribution in [-0.2, 0) is 6.61 Å². The quantitative estimate of drug-likeness (QED) is 0.851. The first kappa shape index (κ1) is 13.2.